The van der Waals surface area contributed by atoms with Gasteiger partial charge in [0, 0.05) is 54.8 Å². The first kappa shape index (κ1) is 27.1. The van der Waals surface area contributed by atoms with Gasteiger partial charge in [0.25, 0.3) is 5.91 Å². The van der Waals surface area contributed by atoms with Gasteiger partial charge in [-0.05, 0) is 69.1 Å². The normalized spacial score (nSPS) is 18.7. The lowest BCUT2D eigenvalue weighted by molar-refractivity contribution is -0.120. The molecule has 12 heteroatoms. The molecule has 0 aromatic carbocycles. The van der Waals surface area contributed by atoms with Crippen LogP contribution in [0.15, 0.2) is 49.2 Å². The van der Waals surface area contributed by atoms with Crippen LogP contribution in [0.25, 0.3) is 5.65 Å². The van der Waals surface area contributed by atoms with Gasteiger partial charge in [-0.25, -0.2) is 24.5 Å². The second-order valence-electron chi connectivity index (χ2n) is 10.9. The zero-order valence-corrected chi connectivity index (χ0v) is 23.3. The van der Waals surface area contributed by atoms with Crippen molar-refractivity contribution in [3.63, 3.8) is 0 Å². The molecule has 2 aliphatic rings. The third kappa shape index (κ3) is 6.97. The molecule has 3 N–H and O–H groups in total. The van der Waals surface area contributed by atoms with Gasteiger partial charge in [0.15, 0.2) is 11.3 Å². The van der Waals surface area contributed by atoms with Gasteiger partial charge < -0.3 is 16.0 Å². The summed E-state index contributed by atoms with van der Waals surface area (Å²) in [6.07, 6.45) is 14.2. The fourth-order valence-electron chi connectivity index (χ4n) is 5.30. The number of imidazole rings is 1. The highest BCUT2D eigenvalue weighted by molar-refractivity contribution is 6.29. The fraction of sp³-hybridized carbons (Fsp3) is 0.414. The molecular formula is C29H32ClN9O2. The van der Waals surface area contributed by atoms with Crippen molar-refractivity contribution in [2.75, 3.05) is 16.0 Å². The molecule has 0 unspecified atom stereocenters. The largest absolute Gasteiger partial charge is 0.379 e. The molecule has 6 rings (SSSR count). The molecule has 212 valence electrons. The second kappa shape index (κ2) is 12.2. The Hall–Kier alpha value is -4.12. The molecule has 41 heavy (non-hydrogen) atoms. The highest BCUT2D eigenvalue weighted by atomic mass is 35.5. The maximum Gasteiger partial charge on any atom is 0.276 e. The summed E-state index contributed by atoms with van der Waals surface area (Å²) >= 11 is 5.98. The van der Waals surface area contributed by atoms with E-state index in [4.69, 9.17) is 16.7 Å². The number of nitrogens with zero attached hydrogens (tertiary/aromatic N) is 6. The number of ketones is 1. The molecule has 2 saturated carbocycles. The monoisotopic (exact) mass is 573 g/mol. The second-order valence-corrected chi connectivity index (χ2v) is 11.3. The topological polar surface area (TPSA) is 139 Å². The Bertz CT molecular complexity index is 1530. The molecule has 0 saturated heterocycles. The van der Waals surface area contributed by atoms with E-state index in [2.05, 4.69) is 35.9 Å². The fourth-order valence-corrected chi connectivity index (χ4v) is 5.47. The van der Waals surface area contributed by atoms with Crippen LogP contribution in [0.4, 0.5) is 17.2 Å². The number of fused-ring (bicyclic) bond motifs is 1. The van der Waals surface area contributed by atoms with Crippen molar-refractivity contribution in [1.29, 1.82) is 0 Å². The lowest BCUT2D eigenvalue weighted by atomic mass is 9.82. The van der Waals surface area contributed by atoms with Gasteiger partial charge in [0.1, 0.15) is 23.1 Å². The Morgan fingerprint density at radius 3 is 2.51 bits per heavy atom. The first-order chi connectivity index (χ1) is 20.0. The SMILES string of the molecule is O=C(CCc1ccncn1)CC1CCC(Nc2cc(NC3CC3)c3ncc(C(=O)Nc4ccnc(Cl)c4)n3n2)CC1. The number of hydrogen-bond donors (Lipinski definition) is 3. The number of anilines is 3. The molecule has 0 bridgehead atoms. The summed E-state index contributed by atoms with van der Waals surface area (Å²) in [7, 11) is 0. The van der Waals surface area contributed by atoms with Crippen LogP contribution in [0.2, 0.25) is 5.15 Å². The quantitative estimate of drug-likeness (QED) is 0.212. The minimum atomic E-state index is -0.341. The predicted molar refractivity (Wildman–Crippen MR) is 156 cm³/mol. The lowest BCUT2D eigenvalue weighted by Crippen LogP contribution is -2.28. The molecule has 2 aliphatic carbocycles. The van der Waals surface area contributed by atoms with E-state index in [0.29, 0.717) is 65.0 Å². The first-order valence-corrected chi connectivity index (χ1v) is 14.5. The first-order valence-electron chi connectivity index (χ1n) is 14.1. The van der Waals surface area contributed by atoms with Crippen molar-refractivity contribution >= 4 is 46.1 Å². The smallest absolute Gasteiger partial charge is 0.276 e. The third-order valence-corrected chi connectivity index (χ3v) is 7.85. The molecule has 0 spiro atoms. The minimum Gasteiger partial charge on any atom is -0.379 e. The Morgan fingerprint density at radius 2 is 1.76 bits per heavy atom. The summed E-state index contributed by atoms with van der Waals surface area (Å²) in [5.41, 5.74) is 3.21. The number of carbonyl (C=O) groups is 2. The zero-order chi connectivity index (χ0) is 28.2. The van der Waals surface area contributed by atoms with E-state index in [1.54, 1.807) is 22.8 Å². The van der Waals surface area contributed by atoms with Gasteiger partial charge in [0.05, 0.1) is 11.9 Å². The standard InChI is InChI=1S/C29H32ClN9O2/c30-26-14-22(10-12-32-26)37-29(41)25-16-33-28-24(35-20-5-6-20)15-27(38-39(25)28)36-21-3-1-18(2-4-21)13-23(40)8-7-19-9-11-31-17-34-19/h9-12,14-18,20-21,35H,1-8,13H2,(H,36,38)(H,32,37,41). The molecule has 4 aromatic heterocycles. The average molecular weight is 574 g/mol. The van der Waals surface area contributed by atoms with E-state index in [0.717, 1.165) is 49.9 Å². The summed E-state index contributed by atoms with van der Waals surface area (Å²) in [6.45, 7) is 0. The number of nitrogens with one attached hydrogen (secondary N) is 3. The molecule has 4 heterocycles. The van der Waals surface area contributed by atoms with Crippen molar-refractivity contribution in [3.8, 4) is 0 Å². The van der Waals surface area contributed by atoms with E-state index in [9.17, 15) is 9.59 Å². The van der Waals surface area contributed by atoms with E-state index >= 15 is 0 Å². The van der Waals surface area contributed by atoms with Crippen LogP contribution < -0.4 is 16.0 Å². The van der Waals surface area contributed by atoms with E-state index < -0.39 is 0 Å². The maximum atomic E-state index is 13.1. The van der Waals surface area contributed by atoms with E-state index in [-0.39, 0.29) is 11.9 Å². The molecular weight excluding hydrogens is 542 g/mol. The zero-order valence-electron chi connectivity index (χ0n) is 22.6. The van der Waals surface area contributed by atoms with Crippen molar-refractivity contribution in [2.24, 2.45) is 5.92 Å². The highest BCUT2D eigenvalue weighted by Gasteiger charge is 2.26. The molecule has 4 aromatic rings. The Morgan fingerprint density at radius 1 is 0.951 bits per heavy atom. The van der Waals surface area contributed by atoms with Crippen LogP contribution in [-0.2, 0) is 11.2 Å². The van der Waals surface area contributed by atoms with Gasteiger partial charge in [-0.2, -0.15) is 0 Å². The molecule has 0 atom stereocenters. The van der Waals surface area contributed by atoms with Crippen molar-refractivity contribution < 1.29 is 9.59 Å². The minimum absolute atomic E-state index is 0.237. The molecule has 0 aliphatic heterocycles. The van der Waals surface area contributed by atoms with Crippen LogP contribution in [0, 0.1) is 5.92 Å². The Labute approximate surface area is 242 Å². The van der Waals surface area contributed by atoms with Crippen LogP contribution in [0.5, 0.6) is 0 Å². The van der Waals surface area contributed by atoms with Crippen molar-refractivity contribution in [1.82, 2.24) is 29.5 Å². The van der Waals surface area contributed by atoms with Gasteiger partial charge in [-0.3, -0.25) is 9.59 Å². The number of hydrogen-bond acceptors (Lipinski definition) is 9. The molecule has 11 nitrogen and oxygen atoms in total. The van der Waals surface area contributed by atoms with Gasteiger partial charge in [-0.1, -0.05) is 11.6 Å². The predicted octanol–water partition coefficient (Wildman–Crippen LogP) is 4.96. The number of halogens is 1. The van der Waals surface area contributed by atoms with Gasteiger partial charge in [0.2, 0.25) is 0 Å². The van der Waals surface area contributed by atoms with Crippen molar-refractivity contribution in [2.45, 2.75) is 69.9 Å². The van der Waals surface area contributed by atoms with E-state index in [1.807, 2.05) is 12.1 Å². The summed E-state index contributed by atoms with van der Waals surface area (Å²) in [4.78, 5) is 42.3. The molecule has 2 fully saturated rings. The van der Waals surface area contributed by atoms with Crippen LogP contribution >= 0.6 is 11.6 Å². The van der Waals surface area contributed by atoms with E-state index in [1.165, 1.54) is 18.7 Å². The van der Waals surface area contributed by atoms with Crippen LogP contribution in [-0.4, -0.2) is 53.3 Å². The maximum absolute atomic E-state index is 13.1. The molecule has 1 amide bonds. The summed E-state index contributed by atoms with van der Waals surface area (Å²) in [6, 6.07) is 7.75. The lowest BCUT2D eigenvalue weighted by Gasteiger charge is -2.29. The summed E-state index contributed by atoms with van der Waals surface area (Å²) in [5, 5.41) is 15.0. The summed E-state index contributed by atoms with van der Waals surface area (Å²) in [5.74, 6) is 1.04. The highest BCUT2D eigenvalue weighted by Crippen LogP contribution is 2.32. The average Bonchev–Trinajstić information content (AvgIpc) is 3.68. The number of Topliss-reactive ketones (excluding diaryl/α,β-unsaturated/α-hetero) is 1. The van der Waals surface area contributed by atoms with Gasteiger partial charge in [-0.15, -0.1) is 5.10 Å². The number of pyridine rings is 1. The van der Waals surface area contributed by atoms with Crippen LogP contribution in [0.3, 0.4) is 0 Å². The molecule has 0 radical (unpaired) electrons. The number of carbonyl (C=O) groups excluding carboxylic acids is 2. The van der Waals surface area contributed by atoms with Crippen LogP contribution in [0.1, 0.15) is 67.5 Å². The number of rotatable bonds is 11. The Balaban J connectivity index is 1.10. The number of aromatic nitrogens is 6. The summed E-state index contributed by atoms with van der Waals surface area (Å²) < 4.78 is 1.59. The number of aryl methyl sites for hydroxylation is 1. The Kier molecular flexibility index (Phi) is 8.04. The van der Waals surface area contributed by atoms with Crippen molar-refractivity contribution in [3.05, 3.63) is 65.7 Å². The number of amides is 1. The van der Waals surface area contributed by atoms with Gasteiger partial charge >= 0.3 is 0 Å². The third-order valence-electron chi connectivity index (χ3n) is 7.64.